The quantitative estimate of drug-likeness (QED) is 0.640. The highest BCUT2D eigenvalue weighted by atomic mass is 19.4. The molecule has 8 nitrogen and oxygen atoms in total. The summed E-state index contributed by atoms with van der Waals surface area (Å²) in [6, 6.07) is 3.69. The summed E-state index contributed by atoms with van der Waals surface area (Å²) in [7, 11) is 0. The van der Waals surface area contributed by atoms with E-state index in [4.69, 9.17) is 15.7 Å². The molecule has 1 aliphatic heterocycles. The van der Waals surface area contributed by atoms with Crippen molar-refractivity contribution in [2.75, 3.05) is 0 Å². The smallest absolute Gasteiger partial charge is 0.419 e. The molecule has 140 valence electrons. The predicted molar refractivity (Wildman–Crippen MR) is 78.1 cm³/mol. The summed E-state index contributed by atoms with van der Waals surface area (Å²) >= 11 is 0. The van der Waals surface area contributed by atoms with Crippen LogP contribution in [0.1, 0.15) is 5.56 Å². The first kappa shape index (κ1) is 18.1. The van der Waals surface area contributed by atoms with Crippen molar-refractivity contribution < 1.29 is 42.1 Å². The Hall–Kier alpha value is -3.75. The Morgan fingerprint density at radius 3 is 2.41 bits per heavy atom. The highest BCUT2D eigenvalue weighted by molar-refractivity contribution is 6.03. The van der Waals surface area contributed by atoms with Crippen molar-refractivity contribution in [1.29, 1.82) is 5.26 Å². The van der Waals surface area contributed by atoms with E-state index in [1.54, 1.807) is 0 Å². The third-order valence-corrected chi connectivity index (χ3v) is 4.15. The third-order valence-electron chi connectivity index (χ3n) is 4.15. The Bertz CT molecular complexity index is 1100. The third kappa shape index (κ3) is 2.02. The summed E-state index contributed by atoms with van der Waals surface area (Å²) < 4.78 is 61.3. The molecule has 0 amide bonds. The van der Waals surface area contributed by atoms with Gasteiger partial charge in [-0.1, -0.05) is 12.1 Å². The van der Waals surface area contributed by atoms with E-state index in [1.165, 1.54) is 0 Å². The van der Waals surface area contributed by atoms with E-state index in [-0.39, 0.29) is 4.57 Å². The van der Waals surface area contributed by atoms with Gasteiger partial charge >= 0.3 is 18.2 Å². The average molecular weight is 385 g/mol. The van der Waals surface area contributed by atoms with Gasteiger partial charge in [0, 0.05) is 5.39 Å². The first-order valence-corrected chi connectivity index (χ1v) is 6.95. The highest BCUT2D eigenvalue weighted by Crippen LogP contribution is 2.56. The van der Waals surface area contributed by atoms with Crippen LogP contribution in [0.3, 0.4) is 0 Å². The number of hydrogen-bond acceptors (Lipinski definition) is 5. The summed E-state index contributed by atoms with van der Waals surface area (Å²) in [5, 5.41) is 27.3. The topological polar surface area (TPSA) is 139 Å². The molecule has 1 unspecified atom stereocenters. The molecule has 2 aromatic rings. The monoisotopic (exact) mass is 385 g/mol. The zero-order chi connectivity index (χ0) is 20.3. The minimum atomic E-state index is -5.64. The lowest BCUT2D eigenvalue weighted by Crippen LogP contribution is -2.53. The Morgan fingerprint density at radius 1 is 1.30 bits per heavy atom. The number of nitrogens with zero attached hydrogens (tertiary/aromatic N) is 2. The van der Waals surface area contributed by atoms with Crippen LogP contribution in [0.2, 0.25) is 0 Å². The van der Waals surface area contributed by atoms with Gasteiger partial charge in [0.1, 0.15) is 17.5 Å². The number of nitriles is 1. The van der Waals surface area contributed by atoms with Crippen molar-refractivity contribution in [2.24, 2.45) is 5.73 Å². The molecule has 12 heteroatoms. The van der Waals surface area contributed by atoms with Gasteiger partial charge in [-0.25, -0.2) is 13.8 Å². The van der Waals surface area contributed by atoms with Crippen LogP contribution in [0.5, 0.6) is 5.88 Å². The predicted octanol–water partition coefficient (Wildman–Crippen LogP) is 2.28. The van der Waals surface area contributed by atoms with Crippen LogP contribution in [-0.2, 0) is 10.2 Å². The molecular weight excluding hydrogens is 378 g/mol. The summed E-state index contributed by atoms with van der Waals surface area (Å²) in [5.41, 5.74) is -2.34. The van der Waals surface area contributed by atoms with Gasteiger partial charge in [-0.2, -0.15) is 18.4 Å². The minimum absolute atomic E-state index is 0.0183. The second-order valence-corrected chi connectivity index (χ2v) is 5.44. The molecule has 0 aliphatic carbocycles. The molecule has 0 saturated heterocycles. The van der Waals surface area contributed by atoms with Crippen molar-refractivity contribution in [1.82, 2.24) is 4.57 Å². The Morgan fingerprint density at radius 2 is 1.93 bits per heavy atom. The van der Waals surface area contributed by atoms with Crippen LogP contribution in [0, 0.1) is 17.1 Å². The first-order chi connectivity index (χ1) is 12.5. The van der Waals surface area contributed by atoms with Crippen molar-refractivity contribution >= 4 is 23.0 Å². The Kier molecular flexibility index (Phi) is 3.59. The van der Waals surface area contributed by atoms with Gasteiger partial charge in [-0.3, -0.25) is 4.79 Å². The minimum Gasteiger partial charge on any atom is -0.480 e. The van der Waals surface area contributed by atoms with E-state index in [0.29, 0.717) is 0 Å². The number of nitrogens with two attached hydrogens (primary N) is 1. The van der Waals surface area contributed by atoms with E-state index < -0.39 is 63.3 Å². The Balaban J connectivity index is 2.69. The van der Waals surface area contributed by atoms with Crippen molar-refractivity contribution in [3.63, 3.8) is 0 Å². The second kappa shape index (κ2) is 5.37. The van der Waals surface area contributed by atoms with Gasteiger partial charge < -0.3 is 20.7 Å². The average Bonchev–Trinajstić information content (AvgIpc) is 2.87. The van der Waals surface area contributed by atoms with E-state index >= 15 is 0 Å². The number of carboxylic acid groups (broad SMARTS) is 2. The zero-order valence-corrected chi connectivity index (χ0v) is 12.8. The number of benzene rings is 1. The van der Waals surface area contributed by atoms with Crippen molar-refractivity contribution in [3.8, 4) is 11.9 Å². The molecule has 4 N–H and O–H groups in total. The molecule has 0 fully saturated rings. The van der Waals surface area contributed by atoms with Crippen molar-refractivity contribution in [3.05, 3.63) is 41.0 Å². The SMILES string of the molecule is N#CC1=C(N)Oc2c(c3cccc(F)c3n2C(=O)O)C1(C(=O)O)C(F)(F)F. The lowest BCUT2D eigenvalue weighted by molar-refractivity contribution is -0.197. The normalized spacial score (nSPS) is 19.4. The molecule has 1 aliphatic rings. The summed E-state index contributed by atoms with van der Waals surface area (Å²) in [6.07, 6.45) is -7.59. The van der Waals surface area contributed by atoms with Gasteiger partial charge in [0.05, 0.1) is 11.1 Å². The molecule has 3 rings (SSSR count). The number of aliphatic carboxylic acids is 1. The van der Waals surface area contributed by atoms with Crippen LogP contribution < -0.4 is 10.5 Å². The van der Waals surface area contributed by atoms with E-state index in [0.717, 1.165) is 24.3 Å². The summed E-state index contributed by atoms with van der Waals surface area (Å²) in [4.78, 5) is 23.4. The molecule has 0 bridgehead atoms. The van der Waals surface area contributed by atoms with Gasteiger partial charge in [0.2, 0.25) is 17.2 Å². The van der Waals surface area contributed by atoms with Crippen LogP contribution in [0.4, 0.5) is 22.4 Å². The fraction of sp³-hybridized carbons (Fsp3) is 0.133. The van der Waals surface area contributed by atoms with Gasteiger partial charge in [0.15, 0.2) is 0 Å². The van der Waals surface area contributed by atoms with Crippen LogP contribution in [0.25, 0.3) is 10.9 Å². The lowest BCUT2D eigenvalue weighted by atomic mass is 9.72. The molecule has 1 atom stereocenters. The molecular formula is C15H7F4N3O5. The van der Waals surface area contributed by atoms with Crippen LogP contribution in [-0.4, -0.2) is 33.0 Å². The van der Waals surface area contributed by atoms with Crippen molar-refractivity contribution in [2.45, 2.75) is 11.6 Å². The number of carboxylic acids is 1. The van der Waals surface area contributed by atoms with Crippen LogP contribution in [0.15, 0.2) is 29.7 Å². The standard InChI is InChI=1S/C15H7F4N3O5/c16-7-3-1-2-5-8-11(22(9(5)7)13(25)26)27-10(21)6(4-20)14(8,12(23)24)15(17,18)19/h1-3H,21H2,(H,23,24)(H,25,26). The fourth-order valence-electron chi connectivity index (χ4n) is 3.14. The molecule has 1 aromatic carbocycles. The molecule has 0 saturated carbocycles. The number of ether oxygens (including phenoxy) is 1. The summed E-state index contributed by atoms with van der Waals surface area (Å²) in [6.45, 7) is 0. The number of fused-ring (bicyclic) bond motifs is 3. The number of hydrogen-bond donors (Lipinski definition) is 3. The van der Waals surface area contributed by atoms with Gasteiger partial charge in [0.25, 0.3) is 0 Å². The number of halogens is 4. The maximum Gasteiger partial charge on any atom is 0.419 e. The van der Waals surface area contributed by atoms with Gasteiger partial charge in [-0.15, -0.1) is 0 Å². The zero-order valence-electron chi connectivity index (χ0n) is 12.8. The van der Waals surface area contributed by atoms with Crippen LogP contribution >= 0.6 is 0 Å². The molecule has 1 aromatic heterocycles. The molecule has 0 radical (unpaired) electrons. The largest absolute Gasteiger partial charge is 0.480 e. The molecule has 27 heavy (non-hydrogen) atoms. The highest BCUT2D eigenvalue weighted by Gasteiger charge is 2.70. The molecule has 0 spiro atoms. The lowest BCUT2D eigenvalue weighted by Gasteiger charge is -2.34. The molecule has 2 heterocycles. The van der Waals surface area contributed by atoms with E-state index in [9.17, 15) is 37.4 Å². The van der Waals surface area contributed by atoms with E-state index in [2.05, 4.69) is 0 Å². The number of rotatable bonds is 1. The number of aromatic nitrogens is 1. The van der Waals surface area contributed by atoms with Gasteiger partial charge in [-0.05, 0) is 6.07 Å². The number of alkyl halides is 3. The second-order valence-electron chi connectivity index (χ2n) is 5.44. The first-order valence-electron chi connectivity index (χ1n) is 6.95. The summed E-state index contributed by atoms with van der Waals surface area (Å²) in [5.74, 6) is -6.20. The number of para-hydroxylation sites is 1. The maximum atomic E-state index is 14.2. The Labute approximate surface area is 146 Å². The van der Waals surface area contributed by atoms with E-state index in [1.807, 2.05) is 0 Å². The fourth-order valence-corrected chi connectivity index (χ4v) is 3.14. The number of carbonyl (C=O) groups is 2. The maximum absolute atomic E-state index is 14.2.